The molecule has 1 aliphatic heterocycles. The van der Waals surface area contributed by atoms with Gasteiger partial charge in [0.2, 0.25) is 10.0 Å². The molecule has 3 aromatic rings. The summed E-state index contributed by atoms with van der Waals surface area (Å²) in [5, 5.41) is 1.98. The molecule has 0 spiro atoms. The lowest BCUT2D eigenvalue weighted by Crippen LogP contribution is -2.48. The second-order valence-electron chi connectivity index (χ2n) is 6.39. The fourth-order valence-electron chi connectivity index (χ4n) is 3.36. The van der Waals surface area contributed by atoms with E-state index in [9.17, 15) is 8.42 Å². The Labute approximate surface area is 158 Å². The largest absolute Gasteiger partial charge is 0.353 e. The second-order valence-corrected chi connectivity index (χ2v) is 8.27. The number of sulfonamides is 1. The molecule has 138 valence electrons. The highest BCUT2D eigenvalue weighted by atomic mass is 32.2. The molecule has 0 atom stereocenters. The summed E-state index contributed by atoms with van der Waals surface area (Å²) in [5.74, 6) is 0.841. The zero-order valence-corrected chi connectivity index (χ0v) is 15.6. The third-order valence-electron chi connectivity index (χ3n) is 4.83. The van der Waals surface area contributed by atoms with Gasteiger partial charge in [0, 0.05) is 37.0 Å². The smallest absolute Gasteiger partial charge is 0.235 e. The van der Waals surface area contributed by atoms with Crippen molar-refractivity contribution in [2.45, 2.75) is 0 Å². The molecule has 1 aromatic heterocycles. The van der Waals surface area contributed by atoms with Crippen molar-refractivity contribution < 1.29 is 8.42 Å². The number of nitrogens with zero attached hydrogens (tertiary/aromatic N) is 4. The van der Waals surface area contributed by atoms with Crippen molar-refractivity contribution in [1.29, 1.82) is 0 Å². The Morgan fingerprint density at radius 1 is 0.926 bits per heavy atom. The van der Waals surface area contributed by atoms with E-state index in [0.717, 1.165) is 33.3 Å². The predicted octanol–water partition coefficient (Wildman–Crippen LogP) is 2.89. The molecule has 1 saturated heterocycles. The molecule has 0 saturated carbocycles. The molecular formula is C20H20N4O2S. The normalized spacial score (nSPS) is 15.8. The summed E-state index contributed by atoms with van der Waals surface area (Å²) in [6.07, 6.45) is 1.56. The SMILES string of the molecule is C=CS(=O)(=O)N1CCN(c2ncnc3ccc(-c4ccccc4)cc23)CC1. The Hall–Kier alpha value is -2.77. The lowest BCUT2D eigenvalue weighted by atomic mass is 10.0. The molecular weight excluding hydrogens is 360 g/mol. The minimum absolute atomic E-state index is 0.415. The number of fused-ring (bicyclic) bond motifs is 1. The van der Waals surface area contributed by atoms with E-state index >= 15 is 0 Å². The fourth-order valence-corrected chi connectivity index (χ4v) is 4.25. The van der Waals surface area contributed by atoms with Gasteiger partial charge in [0.25, 0.3) is 0 Å². The standard InChI is InChI=1S/C20H20N4O2S/c1-2-27(25,26)24-12-10-23(11-13-24)20-18-14-17(16-6-4-3-5-7-16)8-9-19(18)21-15-22-20/h2-9,14-15H,1,10-13H2. The molecule has 27 heavy (non-hydrogen) atoms. The van der Waals surface area contributed by atoms with Crippen molar-refractivity contribution in [2.75, 3.05) is 31.1 Å². The summed E-state index contributed by atoms with van der Waals surface area (Å²) in [4.78, 5) is 11.0. The van der Waals surface area contributed by atoms with Crippen LogP contribution in [0.4, 0.5) is 5.82 Å². The van der Waals surface area contributed by atoms with Crippen LogP contribution in [0.5, 0.6) is 0 Å². The van der Waals surface area contributed by atoms with Gasteiger partial charge in [0.1, 0.15) is 12.1 Å². The minimum Gasteiger partial charge on any atom is -0.353 e. The van der Waals surface area contributed by atoms with Gasteiger partial charge in [0.05, 0.1) is 5.52 Å². The van der Waals surface area contributed by atoms with Crippen molar-refractivity contribution >= 4 is 26.7 Å². The van der Waals surface area contributed by atoms with E-state index in [1.165, 1.54) is 4.31 Å². The Morgan fingerprint density at radius 2 is 1.67 bits per heavy atom. The van der Waals surface area contributed by atoms with Gasteiger partial charge in [0.15, 0.2) is 0 Å². The molecule has 0 bridgehead atoms. The summed E-state index contributed by atoms with van der Waals surface area (Å²) < 4.78 is 25.4. The van der Waals surface area contributed by atoms with E-state index in [2.05, 4.69) is 45.7 Å². The monoisotopic (exact) mass is 380 g/mol. The summed E-state index contributed by atoms with van der Waals surface area (Å²) in [5.41, 5.74) is 3.11. The first kappa shape index (κ1) is 17.6. The van der Waals surface area contributed by atoms with E-state index in [0.29, 0.717) is 26.2 Å². The molecule has 0 radical (unpaired) electrons. The Morgan fingerprint density at radius 3 is 2.37 bits per heavy atom. The molecule has 1 aliphatic rings. The lowest BCUT2D eigenvalue weighted by Gasteiger charge is -2.34. The molecule has 0 N–H and O–H groups in total. The molecule has 2 aromatic carbocycles. The lowest BCUT2D eigenvalue weighted by molar-refractivity contribution is 0.389. The Balaban J connectivity index is 1.67. The van der Waals surface area contributed by atoms with Crippen LogP contribution in [0, 0.1) is 0 Å². The van der Waals surface area contributed by atoms with E-state index in [-0.39, 0.29) is 0 Å². The Kier molecular flexibility index (Phi) is 4.63. The molecule has 2 heterocycles. The molecule has 0 amide bonds. The number of anilines is 1. The van der Waals surface area contributed by atoms with E-state index < -0.39 is 10.0 Å². The van der Waals surface area contributed by atoms with Crippen molar-refractivity contribution in [3.05, 3.63) is 66.8 Å². The van der Waals surface area contributed by atoms with Crippen LogP contribution in [0.3, 0.4) is 0 Å². The van der Waals surface area contributed by atoms with Gasteiger partial charge in [-0.05, 0) is 23.3 Å². The van der Waals surface area contributed by atoms with Gasteiger partial charge < -0.3 is 4.90 Å². The van der Waals surface area contributed by atoms with Crippen LogP contribution in [0.15, 0.2) is 66.8 Å². The van der Waals surface area contributed by atoms with Crippen LogP contribution < -0.4 is 4.90 Å². The highest BCUT2D eigenvalue weighted by molar-refractivity contribution is 7.92. The van der Waals surface area contributed by atoms with Crippen LogP contribution in [-0.2, 0) is 10.0 Å². The van der Waals surface area contributed by atoms with Gasteiger partial charge in [-0.25, -0.2) is 18.4 Å². The third-order valence-corrected chi connectivity index (χ3v) is 6.34. The summed E-state index contributed by atoms with van der Waals surface area (Å²) in [6, 6.07) is 16.3. The van der Waals surface area contributed by atoms with Crippen LogP contribution in [0.25, 0.3) is 22.0 Å². The van der Waals surface area contributed by atoms with Crippen molar-refractivity contribution in [2.24, 2.45) is 0 Å². The molecule has 0 aliphatic carbocycles. The molecule has 0 unspecified atom stereocenters. The van der Waals surface area contributed by atoms with Crippen LogP contribution in [-0.4, -0.2) is 48.9 Å². The first-order chi connectivity index (χ1) is 13.1. The Bertz CT molecular complexity index is 1080. The van der Waals surface area contributed by atoms with E-state index in [4.69, 9.17) is 0 Å². The maximum absolute atomic E-state index is 12.0. The third kappa shape index (κ3) is 3.43. The average molecular weight is 380 g/mol. The second kappa shape index (κ2) is 7.09. The van der Waals surface area contributed by atoms with E-state index in [1.54, 1.807) is 6.33 Å². The minimum atomic E-state index is -3.37. The van der Waals surface area contributed by atoms with E-state index in [1.807, 2.05) is 24.3 Å². The number of hydrogen-bond donors (Lipinski definition) is 0. The molecule has 4 rings (SSSR count). The van der Waals surface area contributed by atoms with Gasteiger partial charge in [-0.2, -0.15) is 4.31 Å². The zero-order chi connectivity index (χ0) is 18.9. The van der Waals surface area contributed by atoms with Crippen molar-refractivity contribution in [3.63, 3.8) is 0 Å². The first-order valence-corrected chi connectivity index (χ1v) is 10.3. The predicted molar refractivity (Wildman–Crippen MR) is 108 cm³/mol. The highest BCUT2D eigenvalue weighted by Crippen LogP contribution is 2.29. The number of piperazine rings is 1. The fraction of sp³-hybridized carbons (Fsp3) is 0.200. The van der Waals surface area contributed by atoms with Gasteiger partial charge in [-0.3, -0.25) is 0 Å². The van der Waals surface area contributed by atoms with Gasteiger partial charge in [-0.15, -0.1) is 0 Å². The van der Waals surface area contributed by atoms with Crippen molar-refractivity contribution in [1.82, 2.24) is 14.3 Å². The molecule has 6 nitrogen and oxygen atoms in total. The first-order valence-electron chi connectivity index (χ1n) is 8.76. The maximum atomic E-state index is 12.0. The summed E-state index contributed by atoms with van der Waals surface area (Å²) >= 11 is 0. The topological polar surface area (TPSA) is 66.4 Å². The average Bonchev–Trinajstić information content (AvgIpc) is 2.73. The molecule has 1 fully saturated rings. The summed E-state index contributed by atoms with van der Waals surface area (Å²) in [7, 11) is -3.37. The number of benzene rings is 2. The van der Waals surface area contributed by atoms with Gasteiger partial charge in [-0.1, -0.05) is 43.0 Å². The zero-order valence-electron chi connectivity index (χ0n) is 14.8. The van der Waals surface area contributed by atoms with Crippen molar-refractivity contribution in [3.8, 4) is 11.1 Å². The molecule has 7 heteroatoms. The van der Waals surface area contributed by atoms with Crippen LogP contribution in [0.2, 0.25) is 0 Å². The number of aromatic nitrogens is 2. The highest BCUT2D eigenvalue weighted by Gasteiger charge is 2.26. The quantitative estimate of drug-likeness (QED) is 0.696. The summed E-state index contributed by atoms with van der Waals surface area (Å²) in [6.45, 7) is 5.39. The number of hydrogen-bond acceptors (Lipinski definition) is 5. The maximum Gasteiger partial charge on any atom is 0.235 e. The van der Waals surface area contributed by atoms with Crippen LogP contribution >= 0.6 is 0 Å². The number of rotatable bonds is 4. The van der Waals surface area contributed by atoms with Gasteiger partial charge >= 0.3 is 0 Å². The van der Waals surface area contributed by atoms with Crippen LogP contribution in [0.1, 0.15) is 0 Å².